The molecule has 19 heavy (non-hydrogen) atoms. The lowest BCUT2D eigenvalue weighted by atomic mass is 10.2. The maximum absolute atomic E-state index is 6.07. The monoisotopic (exact) mass is 275 g/mol. The van der Waals surface area contributed by atoms with Crippen molar-refractivity contribution in [3.63, 3.8) is 0 Å². The molecule has 6 heteroatoms. The van der Waals surface area contributed by atoms with Gasteiger partial charge < -0.3 is 11.2 Å². The molecule has 5 nitrogen and oxygen atoms in total. The third-order valence-electron chi connectivity index (χ3n) is 2.41. The second-order valence-corrected chi connectivity index (χ2v) is 5.42. The average Bonchev–Trinajstić information content (AvgIpc) is 2.36. The molecule has 100 valence electrons. The standard InChI is InChI=1S/C13H17N5S/c1-9-4-6-10(7-5-9)19-13-11(14)12(15-8-16-13)17-18(2)3/h4-8H,14H2,1-3H3,(H,15,16,17). The fraction of sp³-hybridized carbons (Fsp3) is 0.231. The van der Waals surface area contributed by atoms with Crippen LogP contribution in [0.1, 0.15) is 5.56 Å². The molecule has 0 spiro atoms. The van der Waals surface area contributed by atoms with Gasteiger partial charge >= 0.3 is 0 Å². The van der Waals surface area contributed by atoms with Gasteiger partial charge in [-0.15, -0.1) is 0 Å². The van der Waals surface area contributed by atoms with Crippen molar-refractivity contribution in [2.75, 3.05) is 25.3 Å². The van der Waals surface area contributed by atoms with E-state index in [1.807, 2.05) is 14.1 Å². The Hall–Kier alpha value is -1.79. The van der Waals surface area contributed by atoms with Gasteiger partial charge in [0.25, 0.3) is 0 Å². The fourth-order valence-corrected chi connectivity index (χ4v) is 2.28. The van der Waals surface area contributed by atoms with Gasteiger partial charge in [-0.05, 0) is 19.1 Å². The summed E-state index contributed by atoms with van der Waals surface area (Å²) < 4.78 is 0. The van der Waals surface area contributed by atoms with E-state index in [0.717, 1.165) is 9.92 Å². The molecule has 0 bridgehead atoms. The van der Waals surface area contributed by atoms with Crippen LogP contribution in [0.2, 0.25) is 0 Å². The Morgan fingerprint density at radius 1 is 1.16 bits per heavy atom. The molecule has 0 radical (unpaired) electrons. The van der Waals surface area contributed by atoms with Crippen molar-refractivity contribution < 1.29 is 0 Å². The first kappa shape index (κ1) is 13.6. The first-order valence-electron chi connectivity index (χ1n) is 5.85. The number of anilines is 2. The number of benzene rings is 1. The summed E-state index contributed by atoms with van der Waals surface area (Å²) in [5.41, 5.74) is 10.9. The Morgan fingerprint density at radius 3 is 2.47 bits per heavy atom. The summed E-state index contributed by atoms with van der Waals surface area (Å²) in [5.74, 6) is 0.620. The molecule has 0 saturated heterocycles. The normalized spacial score (nSPS) is 10.7. The second kappa shape index (κ2) is 5.90. The predicted octanol–water partition coefficient (Wildman–Crippen LogP) is 2.41. The summed E-state index contributed by atoms with van der Waals surface area (Å²) in [6.07, 6.45) is 1.51. The Kier molecular flexibility index (Phi) is 4.24. The number of hydrazine groups is 1. The lowest BCUT2D eigenvalue weighted by Gasteiger charge is -2.15. The molecule has 1 aromatic carbocycles. The Balaban J connectivity index is 2.23. The number of nitrogens with two attached hydrogens (primary N) is 1. The summed E-state index contributed by atoms with van der Waals surface area (Å²) in [6, 6.07) is 8.25. The zero-order chi connectivity index (χ0) is 13.8. The van der Waals surface area contributed by atoms with Crippen LogP contribution in [0.5, 0.6) is 0 Å². The Morgan fingerprint density at radius 2 is 1.84 bits per heavy atom. The van der Waals surface area contributed by atoms with E-state index in [9.17, 15) is 0 Å². The molecule has 0 aliphatic carbocycles. The van der Waals surface area contributed by atoms with E-state index in [2.05, 4.69) is 46.6 Å². The number of nitrogens with one attached hydrogen (secondary N) is 1. The van der Waals surface area contributed by atoms with Crippen molar-refractivity contribution in [1.29, 1.82) is 0 Å². The molecule has 0 amide bonds. The van der Waals surface area contributed by atoms with E-state index in [-0.39, 0.29) is 0 Å². The van der Waals surface area contributed by atoms with E-state index in [4.69, 9.17) is 5.73 Å². The zero-order valence-corrected chi connectivity index (χ0v) is 12.0. The summed E-state index contributed by atoms with van der Waals surface area (Å²) >= 11 is 1.53. The number of rotatable bonds is 4. The van der Waals surface area contributed by atoms with Gasteiger partial charge in [0, 0.05) is 19.0 Å². The van der Waals surface area contributed by atoms with Crippen molar-refractivity contribution in [2.24, 2.45) is 0 Å². The van der Waals surface area contributed by atoms with Crippen LogP contribution in [0.15, 0.2) is 40.5 Å². The van der Waals surface area contributed by atoms with Crippen LogP contribution < -0.4 is 11.2 Å². The first-order chi connectivity index (χ1) is 9.06. The van der Waals surface area contributed by atoms with Crippen molar-refractivity contribution >= 4 is 23.3 Å². The summed E-state index contributed by atoms with van der Waals surface area (Å²) in [7, 11) is 3.77. The first-order valence-corrected chi connectivity index (χ1v) is 6.67. The van der Waals surface area contributed by atoms with Gasteiger partial charge in [0.1, 0.15) is 17.0 Å². The van der Waals surface area contributed by atoms with Crippen LogP contribution in [-0.2, 0) is 0 Å². The zero-order valence-electron chi connectivity index (χ0n) is 11.2. The number of nitrogens with zero attached hydrogens (tertiary/aromatic N) is 3. The molecular formula is C13H17N5S. The predicted molar refractivity (Wildman–Crippen MR) is 79.1 cm³/mol. The van der Waals surface area contributed by atoms with Gasteiger partial charge in [0.2, 0.25) is 0 Å². The molecule has 0 aliphatic heterocycles. The Bertz CT molecular complexity index is 553. The van der Waals surface area contributed by atoms with Crippen molar-refractivity contribution in [2.45, 2.75) is 16.8 Å². The summed E-state index contributed by atoms with van der Waals surface area (Å²) in [5, 5.41) is 2.54. The van der Waals surface area contributed by atoms with Gasteiger partial charge in [0.05, 0.1) is 0 Å². The van der Waals surface area contributed by atoms with Gasteiger partial charge in [-0.1, -0.05) is 29.5 Å². The number of aromatic nitrogens is 2. The van der Waals surface area contributed by atoms with Crippen molar-refractivity contribution in [3.8, 4) is 0 Å². The number of hydrogen-bond acceptors (Lipinski definition) is 6. The number of nitrogen functional groups attached to an aromatic ring is 1. The second-order valence-electron chi connectivity index (χ2n) is 4.36. The number of hydrogen-bond donors (Lipinski definition) is 2. The third kappa shape index (κ3) is 3.59. The van der Waals surface area contributed by atoms with E-state index in [0.29, 0.717) is 11.5 Å². The lowest BCUT2D eigenvalue weighted by molar-refractivity contribution is 0.492. The topological polar surface area (TPSA) is 67.1 Å². The third-order valence-corrected chi connectivity index (χ3v) is 3.44. The minimum atomic E-state index is 0.557. The highest BCUT2D eigenvalue weighted by Crippen LogP contribution is 2.32. The van der Waals surface area contributed by atoms with Crippen LogP contribution >= 0.6 is 11.8 Å². The van der Waals surface area contributed by atoms with Crippen molar-refractivity contribution in [1.82, 2.24) is 15.0 Å². The van der Waals surface area contributed by atoms with Crippen LogP contribution in [0, 0.1) is 6.92 Å². The van der Waals surface area contributed by atoms with Crippen LogP contribution in [0.25, 0.3) is 0 Å². The molecule has 3 N–H and O–H groups in total. The highest BCUT2D eigenvalue weighted by molar-refractivity contribution is 7.99. The molecule has 0 aliphatic rings. The van der Waals surface area contributed by atoms with E-state index in [1.165, 1.54) is 23.7 Å². The molecule has 0 saturated carbocycles. The molecule has 0 atom stereocenters. The van der Waals surface area contributed by atoms with E-state index < -0.39 is 0 Å². The van der Waals surface area contributed by atoms with Crippen LogP contribution in [-0.4, -0.2) is 29.1 Å². The van der Waals surface area contributed by atoms with Gasteiger partial charge in [-0.3, -0.25) is 0 Å². The average molecular weight is 275 g/mol. The highest BCUT2D eigenvalue weighted by atomic mass is 32.2. The van der Waals surface area contributed by atoms with E-state index >= 15 is 0 Å². The minimum absolute atomic E-state index is 0.557. The molecule has 1 heterocycles. The van der Waals surface area contributed by atoms with Gasteiger partial charge in [-0.2, -0.15) is 0 Å². The quantitative estimate of drug-likeness (QED) is 0.660. The largest absolute Gasteiger partial charge is 0.393 e. The Labute approximate surface area is 117 Å². The van der Waals surface area contributed by atoms with Gasteiger partial charge in [0.15, 0.2) is 5.82 Å². The molecule has 0 fully saturated rings. The highest BCUT2D eigenvalue weighted by Gasteiger charge is 2.09. The van der Waals surface area contributed by atoms with E-state index in [1.54, 1.807) is 5.01 Å². The number of aryl methyl sites for hydroxylation is 1. The fourth-order valence-electron chi connectivity index (χ4n) is 1.48. The lowest BCUT2D eigenvalue weighted by Crippen LogP contribution is -2.21. The summed E-state index contributed by atoms with van der Waals surface area (Å²) in [4.78, 5) is 9.47. The molecule has 0 unspecified atom stereocenters. The molecular weight excluding hydrogens is 258 g/mol. The van der Waals surface area contributed by atoms with Crippen LogP contribution in [0.3, 0.4) is 0 Å². The molecule has 2 aromatic rings. The molecule has 1 aromatic heterocycles. The maximum atomic E-state index is 6.07. The molecule has 2 rings (SSSR count). The SMILES string of the molecule is Cc1ccc(Sc2ncnc(NN(C)C)c2N)cc1. The summed E-state index contributed by atoms with van der Waals surface area (Å²) in [6.45, 7) is 2.06. The van der Waals surface area contributed by atoms with Gasteiger partial charge in [-0.25, -0.2) is 15.0 Å². The maximum Gasteiger partial charge on any atom is 0.168 e. The smallest absolute Gasteiger partial charge is 0.168 e. The van der Waals surface area contributed by atoms with Crippen LogP contribution in [0.4, 0.5) is 11.5 Å². The van der Waals surface area contributed by atoms with Crippen molar-refractivity contribution in [3.05, 3.63) is 36.2 Å². The minimum Gasteiger partial charge on any atom is -0.393 e.